The summed E-state index contributed by atoms with van der Waals surface area (Å²) in [7, 11) is 1.71. The Bertz CT molecular complexity index is 374. The number of hydrogen-bond acceptors (Lipinski definition) is 3. The normalized spacial score (nSPS) is 12.5. The van der Waals surface area contributed by atoms with Gasteiger partial charge in [-0.15, -0.1) is 11.6 Å². The zero-order valence-corrected chi connectivity index (χ0v) is 14.6. The van der Waals surface area contributed by atoms with E-state index in [9.17, 15) is 4.79 Å². The molecule has 120 valence electrons. The van der Waals surface area contributed by atoms with E-state index in [0.29, 0.717) is 6.54 Å². The highest BCUT2D eigenvalue weighted by Crippen LogP contribution is 2.06. The van der Waals surface area contributed by atoms with E-state index in [1.165, 1.54) is 5.56 Å². The van der Waals surface area contributed by atoms with Crippen molar-refractivity contribution in [2.24, 2.45) is 0 Å². The first-order chi connectivity index (χ1) is 9.78. The lowest BCUT2D eigenvalue weighted by Gasteiger charge is -2.20. The van der Waals surface area contributed by atoms with E-state index in [4.69, 9.17) is 16.3 Å². The van der Waals surface area contributed by atoms with Gasteiger partial charge in [0.15, 0.2) is 0 Å². The molecule has 0 aromatic heterocycles. The summed E-state index contributed by atoms with van der Waals surface area (Å²) in [6.45, 7) is 9.94. The van der Waals surface area contributed by atoms with Gasteiger partial charge >= 0.3 is 0 Å². The number of rotatable bonds is 6. The molecule has 21 heavy (non-hydrogen) atoms. The number of benzene rings is 1. The fourth-order valence-corrected chi connectivity index (χ4v) is 1.70. The van der Waals surface area contributed by atoms with E-state index in [1.807, 2.05) is 50.8 Å². The Kier molecular flexibility index (Phi) is 10.3. The lowest BCUT2D eigenvalue weighted by Crippen LogP contribution is -2.30. The molecule has 0 aliphatic rings. The fraction of sp³-hybridized carbons (Fsp3) is 0.588. The smallest absolute Gasteiger partial charge is 0.133 e. The van der Waals surface area contributed by atoms with Gasteiger partial charge < -0.3 is 9.53 Å². The number of hydrogen-bond donors (Lipinski definition) is 0. The fourth-order valence-electron chi connectivity index (χ4n) is 1.51. The monoisotopic (exact) mass is 313 g/mol. The predicted molar refractivity (Wildman–Crippen MR) is 89.9 cm³/mol. The highest BCUT2D eigenvalue weighted by atomic mass is 35.5. The summed E-state index contributed by atoms with van der Waals surface area (Å²) in [6.07, 6.45) is 0.919. The first-order valence-corrected chi connectivity index (χ1v) is 7.61. The minimum atomic E-state index is 0.0417. The van der Waals surface area contributed by atoms with Crippen molar-refractivity contribution in [3.8, 4) is 0 Å². The maximum absolute atomic E-state index is 10.5. The second kappa shape index (κ2) is 10.8. The molecule has 0 bridgehead atoms. The summed E-state index contributed by atoms with van der Waals surface area (Å²) >= 11 is 5.92. The van der Waals surface area contributed by atoms with Crippen LogP contribution in [0.1, 0.15) is 33.3 Å². The molecule has 1 aromatic rings. The number of halogens is 1. The molecule has 3 nitrogen and oxygen atoms in total. The molecule has 0 fully saturated rings. The molecule has 0 heterocycles. The summed E-state index contributed by atoms with van der Waals surface area (Å²) < 4.78 is 4.94. The van der Waals surface area contributed by atoms with Crippen molar-refractivity contribution in [2.45, 2.75) is 45.2 Å². The topological polar surface area (TPSA) is 29.5 Å². The first kappa shape index (κ1) is 20.1. The van der Waals surface area contributed by atoms with Crippen molar-refractivity contribution in [1.82, 2.24) is 4.90 Å². The van der Waals surface area contributed by atoms with Gasteiger partial charge in [-0.3, -0.25) is 4.90 Å². The zero-order valence-electron chi connectivity index (χ0n) is 13.8. The Morgan fingerprint density at radius 3 is 2.19 bits per heavy atom. The van der Waals surface area contributed by atoms with Gasteiger partial charge in [-0.1, -0.05) is 30.3 Å². The number of carbonyl (C=O) groups is 1. The summed E-state index contributed by atoms with van der Waals surface area (Å²) in [5, 5.41) is 0.0636. The van der Waals surface area contributed by atoms with Crippen molar-refractivity contribution >= 4 is 17.9 Å². The minimum absolute atomic E-state index is 0.0417. The molecule has 0 saturated carbocycles. The van der Waals surface area contributed by atoms with Crippen molar-refractivity contribution in [3.05, 3.63) is 35.9 Å². The van der Waals surface area contributed by atoms with Crippen LogP contribution in [-0.4, -0.2) is 42.4 Å². The number of ether oxygens (including phenoxy) is 1. The Morgan fingerprint density at radius 1 is 1.29 bits per heavy atom. The Balaban J connectivity index is 0.000000567. The second-order valence-electron chi connectivity index (χ2n) is 5.94. The molecule has 0 aliphatic carbocycles. The molecule has 4 heteroatoms. The molecule has 1 aromatic carbocycles. The van der Waals surface area contributed by atoms with Crippen LogP contribution in [0.25, 0.3) is 0 Å². The van der Waals surface area contributed by atoms with E-state index in [-0.39, 0.29) is 11.0 Å². The number of nitrogens with zero attached hydrogens (tertiary/aromatic N) is 1. The van der Waals surface area contributed by atoms with E-state index >= 15 is 0 Å². The van der Waals surface area contributed by atoms with Crippen LogP contribution >= 0.6 is 11.6 Å². The number of carbonyl (C=O) groups excluding carboxylic acids is 1. The van der Waals surface area contributed by atoms with Crippen molar-refractivity contribution < 1.29 is 9.53 Å². The molecule has 1 atom stereocenters. The lowest BCUT2D eigenvalue weighted by atomic mass is 10.2. The molecule has 0 radical (unpaired) electrons. The third-order valence-electron chi connectivity index (χ3n) is 2.70. The quantitative estimate of drug-likeness (QED) is 0.592. The van der Waals surface area contributed by atoms with Crippen molar-refractivity contribution in [3.63, 3.8) is 0 Å². The maximum Gasteiger partial charge on any atom is 0.133 e. The standard InChI is InChI=1S/C12H16ClNO.C5H12O/c1-11(13)9-14(7-8-15)10-12-5-3-2-4-6-12;1-5(2,3)6-4/h2-6,8,11H,7,9-10H2,1H3;1-4H3. The van der Waals surface area contributed by atoms with Gasteiger partial charge in [0.25, 0.3) is 0 Å². The van der Waals surface area contributed by atoms with Crippen molar-refractivity contribution in [2.75, 3.05) is 20.2 Å². The molecule has 0 amide bonds. The molecule has 0 N–H and O–H groups in total. The largest absolute Gasteiger partial charge is 0.379 e. The van der Waals surface area contributed by atoms with E-state index in [0.717, 1.165) is 19.4 Å². The van der Waals surface area contributed by atoms with Gasteiger partial charge in [-0.2, -0.15) is 0 Å². The van der Waals surface area contributed by atoms with Crippen LogP contribution in [0.2, 0.25) is 0 Å². The van der Waals surface area contributed by atoms with Crippen LogP contribution in [-0.2, 0) is 16.1 Å². The van der Waals surface area contributed by atoms with Crippen LogP contribution in [0.3, 0.4) is 0 Å². The first-order valence-electron chi connectivity index (χ1n) is 7.17. The molecule has 1 unspecified atom stereocenters. The van der Waals surface area contributed by atoms with Crippen LogP contribution in [0.15, 0.2) is 30.3 Å². The van der Waals surface area contributed by atoms with Gasteiger partial charge in [0, 0.05) is 25.6 Å². The summed E-state index contributed by atoms with van der Waals surface area (Å²) in [5.74, 6) is 0. The Labute approximate surface area is 134 Å². The van der Waals surface area contributed by atoms with E-state index in [2.05, 4.69) is 12.1 Å². The second-order valence-corrected chi connectivity index (χ2v) is 6.69. The van der Waals surface area contributed by atoms with E-state index in [1.54, 1.807) is 7.11 Å². The number of alkyl halides is 1. The SMILES string of the molecule is CC(Cl)CN(CC=O)Cc1ccccc1.COC(C)(C)C. The summed E-state index contributed by atoms with van der Waals surface area (Å²) in [4.78, 5) is 12.5. The van der Waals surface area contributed by atoms with E-state index < -0.39 is 0 Å². The predicted octanol–water partition coefficient (Wildman–Crippen LogP) is 3.75. The highest BCUT2D eigenvalue weighted by Gasteiger charge is 2.08. The number of aldehydes is 1. The van der Waals surface area contributed by atoms with Gasteiger partial charge in [-0.25, -0.2) is 0 Å². The average molecular weight is 314 g/mol. The number of methoxy groups -OCH3 is 1. The van der Waals surface area contributed by atoms with Gasteiger partial charge in [0.1, 0.15) is 6.29 Å². The van der Waals surface area contributed by atoms with Crippen LogP contribution in [0.4, 0.5) is 0 Å². The zero-order chi connectivity index (χ0) is 16.3. The third-order valence-corrected chi connectivity index (χ3v) is 2.84. The molecule has 0 spiro atoms. The summed E-state index contributed by atoms with van der Waals surface area (Å²) in [5.41, 5.74) is 1.25. The Morgan fingerprint density at radius 2 is 1.81 bits per heavy atom. The maximum atomic E-state index is 10.5. The molecular weight excluding hydrogens is 286 g/mol. The van der Waals surface area contributed by atoms with Crippen LogP contribution < -0.4 is 0 Å². The molecular formula is C17H28ClNO2. The molecule has 0 saturated heterocycles. The van der Waals surface area contributed by atoms with Gasteiger partial charge in [0.2, 0.25) is 0 Å². The average Bonchev–Trinajstić information content (AvgIpc) is 2.39. The van der Waals surface area contributed by atoms with Gasteiger partial charge in [0.05, 0.1) is 12.1 Å². The molecule has 1 rings (SSSR count). The third kappa shape index (κ3) is 12.5. The van der Waals surface area contributed by atoms with Crippen LogP contribution in [0, 0.1) is 0 Å². The highest BCUT2D eigenvalue weighted by molar-refractivity contribution is 6.20. The van der Waals surface area contributed by atoms with Gasteiger partial charge in [-0.05, 0) is 33.3 Å². The lowest BCUT2D eigenvalue weighted by molar-refractivity contribution is -0.109. The minimum Gasteiger partial charge on any atom is -0.379 e. The van der Waals surface area contributed by atoms with Crippen LogP contribution in [0.5, 0.6) is 0 Å². The molecule has 0 aliphatic heterocycles. The Hall–Kier alpha value is -0.900. The summed E-state index contributed by atoms with van der Waals surface area (Å²) in [6, 6.07) is 10.1. The van der Waals surface area contributed by atoms with Crippen molar-refractivity contribution in [1.29, 1.82) is 0 Å².